The second-order valence-electron chi connectivity index (χ2n) is 3.86. The molecule has 0 aliphatic heterocycles. The van der Waals surface area contributed by atoms with Crippen molar-refractivity contribution in [1.82, 2.24) is 9.97 Å². The first-order valence-electron chi connectivity index (χ1n) is 5.58. The van der Waals surface area contributed by atoms with Crippen LogP contribution in [0.15, 0.2) is 24.5 Å². The van der Waals surface area contributed by atoms with E-state index in [0.717, 1.165) is 18.5 Å². The van der Waals surface area contributed by atoms with Crippen molar-refractivity contribution in [2.75, 3.05) is 5.32 Å². The molecule has 1 aromatic carbocycles. The summed E-state index contributed by atoms with van der Waals surface area (Å²) < 4.78 is 53.8. The Labute approximate surface area is 125 Å². The first-order chi connectivity index (χ1) is 10.3. The molecule has 0 aliphatic carbocycles. The lowest BCUT2D eigenvalue weighted by molar-refractivity contribution is -0.274. The van der Waals surface area contributed by atoms with Gasteiger partial charge in [0.25, 0.3) is 0 Å². The van der Waals surface area contributed by atoms with Gasteiger partial charge >= 0.3 is 6.36 Å². The lowest BCUT2D eigenvalue weighted by atomic mass is 10.2. The maximum atomic E-state index is 13.1. The number of carbonyl (C=O) groups excluding carboxylic acids is 1. The molecule has 0 spiro atoms. The van der Waals surface area contributed by atoms with Crippen molar-refractivity contribution in [3.05, 3.63) is 41.1 Å². The van der Waals surface area contributed by atoms with Crippen molar-refractivity contribution < 1.29 is 27.1 Å². The number of rotatable bonds is 4. The molecule has 22 heavy (non-hydrogen) atoms. The quantitative estimate of drug-likeness (QED) is 0.524. The third kappa shape index (κ3) is 3.82. The number of benzene rings is 1. The minimum absolute atomic E-state index is 0.145. The summed E-state index contributed by atoms with van der Waals surface area (Å²) in [6.45, 7) is 0. The molecule has 2 aromatic rings. The Hall–Kier alpha value is -2.42. The van der Waals surface area contributed by atoms with Crippen molar-refractivity contribution in [1.29, 1.82) is 0 Å². The first kappa shape index (κ1) is 16.0. The molecule has 2 rings (SSSR count). The summed E-state index contributed by atoms with van der Waals surface area (Å²) in [6, 6.07) is 2.45. The van der Waals surface area contributed by atoms with Crippen LogP contribution < -0.4 is 10.1 Å². The van der Waals surface area contributed by atoms with Gasteiger partial charge in [0.1, 0.15) is 23.1 Å². The molecular weight excluding hydrogens is 330 g/mol. The van der Waals surface area contributed by atoms with E-state index < -0.39 is 17.9 Å². The van der Waals surface area contributed by atoms with Gasteiger partial charge in [-0.25, -0.2) is 14.4 Å². The standard InChI is InChI=1S/C12H6ClF4N3O2/c13-10-7(4-21)11(19-5-18-10)20-8-2-1-6(14)3-9(8)22-12(15,16)17/h1-5H,(H,18,19,20). The average molecular weight is 336 g/mol. The van der Waals surface area contributed by atoms with Crippen LogP contribution in [-0.4, -0.2) is 22.6 Å². The summed E-state index contributed by atoms with van der Waals surface area (Å²) in [5.74, 6) is -1.89. The number of ether oxygens (including phenoxy) is 1. The third-order valence-electron chi connectivity index (χ3n) is 2.38. The Morgan fingerprint density at radius 1 is 1.27 bits per heavy atom. The van der Waals surface area contributed by atoms with Crippen molar-refractivity contribution >= 4 is 29.4 Å². The van der Waals surface area contributed by atoms with E-state index in [0.29, 0.717) is 12.4 Å². The maximum absolute atomic E-state index is 13.1. The number of carbonyl (C=O) groups is 1. The van der Waals surface area contributed by atoms with E-state index >= 15 is 0 Å². The van der Waals surface area contributed by atoms with Crippen LogP contribution >= 0.6 is 11.6 Å². The molecule has 0 fully saturated rings. The van der Waals surface area contributed by atoms with Crippen LogP contribution in [-0.2, 0) is 0 Å². The zero-order valence-corrected chi connectivity index (χ0v) is 11.2. The molecule has 0 bridgehead atoms. The Morgan fingerprint density at radius 2 is 2.00 bits per heavy atom. The molecule has 116 valence electrons. The van der Waals surface area contributed by atoms with Crippen molar-refractivity contribution in [3.8, 4) is 5.75 Å². The predicted octanol–water partition coefficient (Wildman–Crippen LogP) is 3.72. The SMILES string of the molecule is O=Cc1c(Cl)ncnc1Nc1ccc(F)cc1OC(F)(F)F. The molecule has 1 aromatic heterocycles. The number of nitrogens with one attached hydrogen (secondary N) is 1. The van der Waals surface area contributed by atoms with Gasteiger partial charge in [0.2, 0.25) is 0 Å². The number of aromatic nitrogens is 2. The van der Waals surface area contributed by atoms with Crippen LogP contribution in [0.2, 0.25) is 5.15 Å². The molecule has 10 heteroatoms. The van der Waals surface area contributed by atoms with Gasteiger partial charge in [0.15, 0.2) is 12.0 Å². The number of hydrogen-bond donors (Lipinski definition) is 1. The fourth-order valence-electron chi connectivity index (χ4n) is 1.51. The fraction of sp³-hybridized carbons (Fsp3) is 0.0833. The molecule has 1 heterocycles. The third-order valence-corrected chi connectivity index (χ3v) is 2.68. The van der Waals surface area contributed by atoms with Crippen LogP contribution in [0, 0.1) is 5.82 Å². The summed E-state index contributed by atoms with van der Waals surface area (Å²) in [7, 11) is 0. The lowest BCUT2D eigenvalue weighted by Gasteiger charge is -2.15. The zero-order valence-electron chi connectivity index (χ0n) is 10.5. The van der Waals surface area contributed by atoms with E-state index in [4.69, 9.17) is 11.6 Å². The fourth-order valence-corrected chi connectivity index (χ4v) is 1.69. The van der Waals surface area contributed by atoms with Gasteiger partial charge < -0.3 is 10.1 Å². The molecule has 0 unspecified atom stereocenters. The van der Waals surface area contributed by atoms with Crippen LogP contribution in [0.3, 0.4) is 0 Å². The summed E-state index contributed by atoms with van der Waals surface area (Å²) >= 11 is 5.67. The van der Waals surface area contributed by atoms with Crippen LogP contribution in [0.1, 0.15) is 10.4 Å². The van der Waals surface area contributed by atoms with E-state index in [9.17, 15) is 22.4 Å². The Kier molecular flexibility index (Phi) is 4.45. The van der Waals surface area contributed by atoms with Crippen molar-refractivity contribution in [2.45, 2.75) is 6.36 Å². The second-order valence-corrected chi connectivity index (χ2v) is 4.22. The minimum Gasteiger partial charge on any atom is -0.403 e. The highest BCUT2D eigenvalue weighted by Gasteiger charge is 2.32. The molecule has 0 saturated heterocycles. The highest BCUT2D eigenvalue weighted by atomic mass is 35.5. The van der Waals surface area contributed by atoms with E-state index in [-0.39, 0.29) is 22.2 Å². The minimum atomic E-state index is -5.01. The molecule has 0 radical (unpaired) electrons. The molecule has 0 saturated carbocycles. The number of halogens is 5. The van der Waals surface area contributed by atoms with Gasteiger partial charge in [-0.1, -0.05) is 11.6 Å². The number of hydrogen-bond acceptors (Lipinski definition) is 5. The monoisotopic (exact) mass is 335 g/mol. The topological polar surface area (TPSA) is 64.1 Å². The highest BCUT2D eigenvalue weighted by Crippen LogP contribution is 2.33. The Balaban J connectivity index is 2.42. The van der Waals surface area contributed by atoms with Gasteiger partial charge in [-0.15, -0.1) is 13.2 Å². The molecule has 5 nitrogen and oxygen atoms in total. The highest BCUT2D eigenvalue weighted by molar-refractivity contribution is 6.32. The molecule has 0 amide bonds. The normalized spacial score (nSPS) is 11.1. The number of aldehydes is 1. The lowest BCUT2D eigenvalue weighted by Crippen LogP contribution is -2.18. The first-order valence-corrected chi connectivity index (χ1v) is 5.96. The number of anilines is 2. The Morgan fingerprint density at radius 3 is 2.64 bits per heavy atom. The Bertz CT molecular complexity index is 709. The summed E-state index contributed by atoms with van der Waals surface area (Å²) in [5, 5.41) is 2.24. The number of nitrogens with zero attached hydrogens (tertiary/aromatic N) is 2. The van der Waals surface area contributed by atoms with E-state index in [2.05, 4.69) is 20.0 Å². The van der Waals surface area contributed by atoms with E-state index in [1.54, 1.807) is 0 Å². The van der Waals surface area contributed by atoms with Gasteiger partial charge in [0, 0.05) is 6.07 Å². The van der Waals surface area contributed by atoms with Crippen molar-refractivity contribution in [3.63, 3.8) is 0 Å². The van der Waals surface area contributed by atoms with Gasteiger partial charge in [-0.3, -0.25) is 4.79 Å². The van der Waals surface area contributed by atoms with Gasteiger partial charge in [0.05, 0.1) is 11.3 Å². The number of alkyl halides is 3. The van der Waals surface area contributed by atoms with Crippen LogP contribution in [0.5, 0.6) is 5.75 Å². The molecule has 0 atom stereocenters. The van der Waals surface area contributed by atoms with Gasteiger partial charge in [-0.2, -0.15) is 0 Å². The summed E-state index contributed by atoms with van der Waals surface area (Å²) in [4.78, 5) is 18.2. The summed E-state index contributed by atoms with van der Waals surface area (Å²) in [6.07, 6.45) is -3.68. The van der Waals surface area contributed by atoms with E-state index in [1.807, 2.05) is 0 Å². The van der Waals surface area contributed by atoms with Crippen LogP contribution in [0.4, 0.5) is 29.1 Å². The average Bonchev–Trinajstić information content (AvgIpc) is 2.40. The van der Waals surface area contributed by atoms with Crippen molar-refractivity contribution in [2.24, 2.45) is 0 Å². The predicted molar refractivity (Wildman–Crippen MR) is 68.8 cm³/mol. The molecule has 0 aliphatic rings. The smallest absolute Gasteiger partial charge is 0.403 e. The van der Waals surface area contributed by atoms with Gasteiger partial charge in [-0.05, 0) is 12.1 Å². The molecular formula is C12H6ClF4N3O2. The summed E-state index contributed by atoms with van der Waals surface area (Å²) in [5.41, 5.74) is -0.414. The zero-order chi connectivity index (χ0) is 16.3. The van der Waals surface area contributed by atoms with Crippen LogP contribution in [0.25, 0.3) is 0 Å². The maximum Gasteiger partial charge on any atom is 0.573 e. The largest absolute Gasteiger partial charge is 0.573 e. The second kappa shape index (κ2) is 6.14. The molecule has 1 N–H and O–H groups in total. The van der Waals surface area contributed by atoms with E-state index in [1.165, 1.54) is 0 Å².